The Labute approximate surface area is 117 Å². The monoisotopic (exact) mass is 261 g/mol. The molecule has 1 aliphatic rings. The van der Waals surface area contributed by atoms with Gasteiger partial charge in [0.25, 0.3) is 0 Å². The van der Waals surface area contributed by atoms with E-state index in [1.54, 1.807) is 0 Å². The molecule has 0 bridgehead atoms. The van der Waals surface area contributed by atoms with E-state index >= 15 is 0 Å². The molecule has 3 nitrogen and oxygen atoms in total. The molecule has 1 unspecified atom stereocenters. The minimum Gasteiger partial charge on any atom is -0.357 e. The first-order chi connectivity index (χ1) is 9.11. The predicted molar refractivity (Wildman–Crippen MR) is 81.5 cm³/mol. The van der Waals surface area contributed by atoms with Crippen molar-refractivity contribution in [3.05, 3.63) is 23.9 Å². The van der Waals surface area contributed by atoms with Gasteiger partial charge in [-0.25, -0.2) is 4.98 Å². The lowest BCUT2D eigenvalue weighted by Gasteiger charge is -2.34. The summed E-state index contributed by atoms with van der Waals surface area (Å²) in [6.07, 6.45) is 7.22. The van der Waals surface area contributed by atoms with Gasteiger partial charge < -0.3 is 10.2 Å². The van der Waals surface area contributed by atoms with E-state index in [0.29, 0.717) is 12.1 Å². The summed E-state index contributed by atoms with van der Waals surface area (Å²) in [6, 6.07) is 5.35. The summed E-state index contributed by atoms with van der Waals surface area (Å²) in [5.74, 6) is 2.01. The number of rotatable bonds is 4. The fourth-order valence-corrected chi connectivity index (χ4v) is 2.88. The minimum absolute atomic E-state index is 0.376. The highest BCUT2D eigenvalue weighted by molar-refractivity contribution is 5.42. The van der Waals surface area contributed by atoms with E-state index in [1.165, 1.54) is 31.2 Å². The molecular formula is C16H27N3. The quantitative estimate of drug-likeness (QED) is 0.900. The van der Waals surface area contributed by atoms with Crippen molar-refractivity contribution >= 4 is 5.82 Å². The summed E-state index contributed by atoms with van der Waals surface area (Å²) >= 11 is 0. The molecule has 19 heavy (non-hydrogen) atoms. The molecule has 1 aromatic heterocycles. The van der Waals surface area contributed by atoms with Crippen LogP contribution >= 0.6 is 0 Å². The summed E-state index contributed by atoms with van der Waals surface area (Å²) in [5, 5.41) is 3.29. The molecule has 1 aliphatic carbocycles. The topological polar surface area (TPSA) is 28.2 Å². The van der Waals surface area contributed by atoms with Gasteiger partial charge in [0.15, 0.2) is 0 Å². The first-order valence-electron chi connectivity index (χ1n) is 7.48. The molecule has 1 fully saturated rings. The average Bonchev–Trinajstić information content (AvgIpc) is 2.46. The third-order valence-corrected chi connectivity index (χ3v) is 4.60. The van der Waals surface area contributed by atoms with E-state index in [9.17, 15) is 0 Å². The van der Waals surface area contributed by atoms with Crippen LogP contribution in [0.3, 0.4) is 0 Å². The van der Waals surface area contributed by atoms with Crippen LogP contribution in [0.25, 0.3) is 0 Å². The number of hydrogen-bond acceptors (Lipinski definition) is 3. The fraction of sp³-hybridized carbons (Fsp3) is 0.688. The van der Waals surface area contributed by atoms with E-state index in [2.05, 4.69) is 48.2 Å². The van der Waals surface area contributed by atoms with Gasteiger partial charge in [-0.2, -0.15) is 0 Å². The lowest BCUT2D eigenvalue weighted by molar-refractivity contribution is 0.340. The van der Waals surface area contributed by atoms with Gasteiger partial charge in [-0.1, -0.05) is 6.92 Å². The molecule has 0 aromatic carbocycles. The second kappa shape index (κ2) is 6.38. The Morgan fingerprint density at radius 1 is 1.32 bits per heavy atom. The van der Waals surface area contributed by atoms with Crippen molar-refractivity contribution in [2.75, 3.05) is 19.0 Å². The molecule has 106 valence electrons. The normalized spacial score (nSPS) is 25.1. The summed E-state index contributed by atoms with van der Waals surface area (Å²) in [7, 11) is 4.19. The molecular weight excluding hydrogens is 234 g/mol. The van der Waals surface area contributed by atoms with Crippen LogP contribution in [0, 0.1) is 5.92 Å². The maximum Gasteiger partial charge on any atom is 0.128 e. The van der Waals surface area contributed by atoms with E-state index in [1.807, 2.05) is 13.2 Å². The lowest BCUT2D eigenvalue weighted by Crippen LogP contribution is -2.35. The van der Waals surface area contributed by atoms with Gasteiger partial charge in [0, 0.05) is 25.3 Å². The molecule has 1 heterocycles. The Hall–Kier alpha value is -1.09. The number of hydrogen-bond donors (Lipinski definition) is 1. The van der Waals surface area contributed by atoms with Crippen LogP contribution in [0.15, 0.2) is 18.3 Å². The van der Waals surface area contributed by atoms with Crippen molar-refractivity contribution in [1.82, 2.24) is 10.3 Å². The maximum atomic E-state index is 4.55. The molecule has 0 spiro atoms. The van der Waals surface area contributed by atoms with Crippen molar-refractivity contribution in [2.45, 2.75) is 51.6 Å². The van der Waals surface area contributed by atoms with E-state index in [-0.39, 0.29) is 0 Å². The summed E-state index contributed by atoms with van der Waals surface area (Å²) in [5.41, 5.74) is 1.31. The number of anilines is 1. The van der Waals surface area contributed by atoms with Crippen LogP contribution in [0.1, 0.15) is 51.1 Å². The maximum absolute atomic E-state index is 4.55. The highest BCUT2D eigenvalue weighted by atomic mass is 15.2. The van der Waals surface area contributed by atoms with Gasteiger partial charge in [-0.05, 0) is 63.3 Å². The number of pyridine rings is 1. The summed E-state index contributed by atoms with van der Waals surface area (Å²) in [4.78, 5) is 6.92. The highest BCUT2D eigenvalue weighted by Crippen LogP contribution is 2.29. The van der Waals surface area contributed by atoms with Crippen LogP contribution < -0.4 is 10.2 Å². The number of nitrogens with one attached hydrogen (secondary N) is 1. The zero-order valence-corrected chi connectivity index (χ0v) is 12.7. The van der Waals surface area contributed by atoms with Gasteiger partial charge in [-0.15, -0.1) is 0 Å². The van der Waals surface area contributed by atoms with Gasteiger partial charge in [0.05, 0.1) is 0 Å². The van der Waals surface area contributed by atoms with Crippen molar-refractivity contribution < 1.29 is 0 Å². The summed E-state index contributed by atoms with van der Waals surface area (Å²) in [6.45, 7) is 4.55. The SMILES string of the molecule is CNC(C)c1ccnc(N(C)C2CCC(C)CC2)c1. The van der Waals surface area contributed by atoms with Gasteiger partial charge in [-0.3, -0.25) is 0 Å². The van der Waals surface area contributed by atoms with Crippen LogP contribution in [0.2, 0.25) is 0 Å². The molecule has 0 saturated heterocycles. The van der Waals surface area contributed by atoms with Crippen LogP contribution in [-0.4, -0.2) is 25.1 Å². The lowest BCUT2D eigenvalue weighted by atomic mass is 9.87. The highest BCUT2D eigenvalue weighted by Gasteiger charge is 2.22. The molecule has 0 amide bonds. The van der Waals surface area contributed by atoms with E-state index < -0.39 is 0 Å². The van der Waals surface area contributed by atoms with Crippen molar-refractivity contribution in [2.24, 2.45) is 5.92 Å². The largest absolute Gasteiger partial charge is 0.357 e. The molecule has 0 aliphatic heterocycles. The Kier molecular flexibility index (Phi) is 4.81. The van der Waals surface area contributed by atoms with Crippen molar-refractivity contribution in [1.29, 1.82) is 0 Å². The van der Waals surface area contributed by atoms with Crippen molar-refractivity contribution in [3.63, 3.8) is 0 Å². The molecule has 3 heteroatoms. The second-order valence-corrected chi connectivity index (χ2v) is 5.98. The molecule has 1 aromatic rings. The Balaban J connectivity index is 2.08. The standard InChI is InChI=1S/C16H27N3/c1-12-5-7-15(8-6-12)19(4)16-11-14(9-10-18-16)13(2)17-3/h9-13,15,17H,5-8H2,1-4H3. The zero-order chi connectivity index (χ0) is 13.8. The fourth-order valence-electron chi connectivity index (χ4n) is 2.88. The van der Waals surface area contributed by atoms with Gasteiger partial charge in [0.1, 0.15) is 5.82 Å². The zero-order valence-electron chi connectivity index (χ0n) is 12.7. The van der Waals surface area contributed by atoms with Gasteiger partial charge in [0.2, 0.25) is 0 Å². The Bertz CT molecular complexity index is 397. The molecule has 1 N–H and O–H groups in total. The van der Waals surface area contributed by atoms with Crippen LogP contribution in [0.5, 0.6) is 0 Å². The van der Waals surface area contributed by atoms with Crippen molar-refractivity contribution in [3.8, 4) is 0 Å². The average molecular weight is 261 g/mol. The van der Waals surface area contributed by atoms with Crippen LogP contribution in [0.4, 0.5) is 5.82 Å². The number of nitrogens with zero attached hydrogens (tertiary/aromatic N) is 2. The third kappa shape index (κ3) is 3.47. The predicted octanol–water partition coefficient (Wildman–Crippen LogP) is 3.38. The molecule has 1 atom stereocenters. The smallest absolute Gasteiger partial charge is 0.128 e. The van der Waals surface area contributed by atoms with E-state index in [4.69, 9.17) is 0 Å². The second-order valence-electron chi connectivity index (χ2n) is 5.98. The molecule has 1 saturated carbocycles. The third-order valence-electron chi connectivity index (χ3n) is 4.60. The molecule has 0 radical (unpaired) electrons. The van der Waals surface area contributed by atoms with Gasteiger partial charge >= 0.3 is 0 Å². The molecule has 2 rings (SSSR count). The van der Waals surface area contributed by atoms with Crippen LogP contribution in [-0.2, 0) is 0 Å². The first kappa shape index (κ1) is 14.3. The Morgan fingerprint density at radius 2 is 2.00 bits per heavy atom. The Morgan fingerprint density at radius 3 is 2.63 bits per heavy atom. The summed E-state index contributed by atoms with van der Waals surface area (Å²) < 4.78 is 0. The minimum atomic E-state index is 0.376. The first-order valence-corrected chi connectivity index (χ1v) is 7.48. The van der Waals surface area contributed by atoms with E-state index in [0.717, 1.165) is 11.7 Å². The number of aromatic nitrogens is 1.